The van der Waals surface area contributed by atoms with E-state index >= 15 is 0 Å². The Morgan fingerprint density at radius 3 is 2.41 bits per heavy atom. The van der Waals surface area contributed by atoms with Crippen molar-refractivity contribution in [1.82, 2.24) is 0 Å². The molecule has 3 rings (SSSR count). The lowest BCUT2D eigenvalue weighted by atomic mass is 9.99. The second-order valence-electron chi connectivity index (χ2n) is 7.36. The van der Waals surface area contributed by atoms with Crippen molar-refractivity contribution < 1.29 is 19.2 Å². The topological polar surface area (TPSA) is 51.1 Å². The van der Waals surface area contributed by atoms with Gasteiger partial charge >= 0.3 is 5.91 Å². The minimum atomic E-state index is -0.433. The SMILES string of the molecule is CCOc1ccc(C[NH+](C)CN2C(=O)C(=O)c3cc(C(C)C)ccc32)cc1. The van der Waals surface area contributed by atoms with E-state index in [1.807, 2.05) is 56.4 Å². The minimum absolute atomic E-state index is 0.320. The van der Waals surface area contributed by atoms with Crippen LogP contribution in [0.3, 0.4) is 0 Å². The molecule has 1 heterocycles. The molecule has 1 unspecified atom stereocenters. The Labute approximate surface area is 160 Å². The molecule has 0 saturated carbocycles. The van der Waals surface area contributed by atoms with Crippen LogP contribution in [0.25, 0.3) is 0 Å². The lowest BCUT2D eigenvalue weighted by Crippen LogP contribution is -3.09. The minimum Gasteiger partial charge on any atom is -0.494 e. The van der Waals surface area contributed by atoms with Crippen LogP contribution in [-0.2, 0) is 11.3 Å². The van der Waals surface area contributed by atoms with E-state index in [0.29, 0.717) is 24.8 Å². The zero-order valence-corrected chi connectivity index (χ0v) is 16.4. The standard InChI is InChI=1S/C22H26N2O3/c1-5-27-18-9-6-16(7-10-18)13-23(4)14-24-20-11-8-17(15(2)3)12-19(20)21(25)22(24)26/h6-12,15H,5,13-14H2,1-4H3/p+1. The highest BCUT2D eigenvalue weighted by Gasteiger charge is 2.37. The van der Waals surface area contributed by atoms with Gasteiger partial charge < -0.3 is 9.64 Å². The average molecular weight is 367 g/mol. The fraction of sp³-hybridized carbons (Fsp3) is 0.364. The second-order valence-corrected chi connectivity index (χ2v) is 7.36. The van der Waals surface area contributed by atoms with Crippen LogP contribution < -0.4 is 14.5 Å². The van der Waals surface area contributed by atoms with E-state index < -0.39 is 11.7 Å². The second kappa shape index (κ2) is 7.92. The molecule has 1 amide bonds. The van der Waals surface area contributed by atoms with Gasteiger partial charge in [0.25, 0.3) is 5.78 Å². The Hall–Kier alpha value is -2.66. The van der Waals surface area contributed by atoms with Gasteiger partial charge in [-0.1, -0.05) is 19.9 Å². The highest BCUT2D eigenvalue weighted by Crippen LogP contribution is 2.31. The number of carbonyl (C=O) groups excluding carboxylic acids is 2. The molecule has 0 saturated heterocycles. The number of quaternary nitrogens is 1. The molecule has 2 aromatic carbocycles. The van der Waals surface area contributed by atoms with Gasteiger partial charge in [0.1, 0.15) is 12.3 Å². The van der Waals surface area contributed by atoms with Gasteiger partial charge in [-0.2, -0.15) is 0 Å². The number of benzene rings is 2. The van der Waals surface area contributed by atoms with Crippen molar-refractivity contribution in [2.45, 2.75) is 33.2 Å². The third-order valence-electron chi connectivity index (χ3n) is 4.83. The first-order chi connectivity index (χ1) is 12.9. The fourth-order valence-corrected chi connectivity index (χ4v) is 3.38. The Morgan fingerprint density at radius 1 is 1.07 bits per heavy atom. The van der Waals surface area contributed by atoms with Crippen molar-refractivity contribution in [3.05, 3.63) is 59.2 Å². The Kier molecular flexibility index (Phi) is 5.61. The molecule has 2 aromatic rings. The maximum atomic E-state index is 12.5. The first-order valence-corrected chi connectivity index (χ1v) is 9.44. The predicted octanol–water partition coefficient (Wildman–Crippen LogP) is 2.41. The Bertz CT molecular complexity index is 843. The molecule has 5 heteroatoms. The van der Waals surface area contributed by atoms with Crippen LogP contribution in [0.2, 0.25) is 0 Å². The summed E-state index contributed by atoms with van der Waals surface area (Å²) in [6.45, 7) is 7.97. The molecule has 0 aromatic heterocycles. The molecule has 0 radical (unpaired) electrons. The van der Waals surface area contributed by atoms with Crippen LogP contribution in [0.1, 0.15) is 48.2 Å². The van der Waals surface area contributed by atoms with Gasteiger partial charge in [-0.3, -0.25) is 14.5 Å². The van der Waals surface area contributed by atoms with Crippen LogP contribution in [0.5, 0.6) is 5.75 Å². The molecule has 1 aliphatic rings. The van der Waals surface area contributed by atoms with Crippen LogP contribution in [-0.4, -0.2) is 32.0 Å². The smallest absolute Gasteiger partial charge is 0.303 e. The van der Waals surface area contributed by atoms with E-state index in [1.54, 1.807) is 4.90 Å². The molecular weight excluding hydrogens is 340 g/mol. The molecule has 1 atom stereocenters. The maximum absolute atomic E-state index is 12.5. The Morgan fingerprint density at radius 2 is 1.78 bits per heavy atom. The summed E-state index contributed by atoms with van der Waals surface area (Å²) in [5.41, 5.74) is 3.48. The van der Waals surface area contributed by atoms with Crippen LogP contribution >= 0.6 is 0 Å². The average Bonchev–Trinajstić information content (AvgIpc) is 2.88. The van der Waals surface area contributed by atoms with Crippen LogP contribution in [0.4, 0.5) is 5.69 Å². The van der Waals surface area contributed by atoms with Crippen LogP contribution in [0.15, 0.2) is 42.5 Å². The zero-order valence-electron chi connectivity index (χ0n) is 16.4. The van der Waals surface area contributed by atoms with Crippen molar-refractivity contribution in [3.8, 4) is 5.75 Å². The van der Waals surface area contributed by atoms with Crippen molar-refractivity contribution >= 4 is 17.4 Å². The van der Waals surface area contributed by atoms with E-state index in [4.69, 9.17) is 4.74 Å². The van der Waals surface area contributed by atoms with Gasteiger partial charge in [0.05, 0.1) is 24.9 Å². The molecule has 0 aliphatic carbocycles. The lowest BCUT2D eigenvalue weighted by Gasteiger charge is -2.22. The molecule has 1 aliphatic heterocycles. The number of hydrogen-bond acceptors (Lipinski definition) is 3. The molecular formula is C22H27N2O3+. The molecule has 0 bridgehead atoms. The number of ketones is 1. The van der Waals surface area contributed by atoms with Gasteiger partial charge in [-0.05, 0) is 54.8 Å². The van der Waals surface area contributed by atoms with Gasteiger partial charge in [-0.25, -0.2) is 0 Å². The van der Waals surface area contributed by atoms with Crippen molar-refractivity contribution in [2.75, 3.05) is 25.2 Å². The van der Waals surface area contributed by atoms with Gasteiger partial charge in [0.2, 0.25) is 0 Å². The number of ether oxygens (including phenoxy) is 1. The van der Waals surface area contributed by atoms with Gasteiger partial charge in [0, 0.05) is 5.56 Å². The number of nitrogens with one attached hydrogen (secondary N) is 1. The third kappa shape index (κ3) is 4.03. The number of anilines is 1. The summed E-state index contributed by atoms with van der Waals surface area (Å²) < 4.78 is 5.47. The van der Waals surface area contributed by atoms with E-state index in [2.05, 4.69) is 13.8 Å². The molecule has 27 heavy (non-hydrogen) atoms. The van der Waals surface area contributed by atoms with E-state index in [0.717, 1.165) is 34.0 Å². The van der Waals surface area contributed by atoms with Crippen LogP contribution in [0, 0.1) is 0 Å². The molecule has 0 fully saturated rings. The van der Waals surface area contributed by atoms with E-state index in [1.165, 1.54) is 0 Å². The quantitative estimate of drug-likeness (QED) is 0.765. The number of hydrogen-bond donors (Lipinski definition) is 1. The fourth-order valence-electron chi connectivity index (χ4n) is 3.38. The maximum Gasteiger partial charge on any atom is 0.303 e. The number of nitrogens with zero attached hydrogens (tertiary/aromatic N) is 1. The number of fused-ring (bicyclic) bond motifs is 1. The third-order valence-corrected chi connectivity index (χ3v) is 4.83. The monoisotopic (exact) mass is 367 g/mol. The predicted molar refractivity (Wildman–Crippen MR) is 105 cm³/mol. The van der Waals surface area contributed by atoms with E-state index in [-0.39, 0.29) is 0 Å². The molecule has 0 spiro atoms. The number of rotatable bonds is 7. The summed E-state index contributed by atoms with van der Waals surface area (Å²) in [6.07, 6.45) is 0. The van der Waals surface area contributed by atoms with Crippen molar-refractivity contribution in [1.29, 1.82) is 0 Å². The normalized spacial score (nSPS) is 14.6. The van der Waals surface area contributed by atoms with Crippen molar-refractivity contribution in [3.63, 3.8) is 0 Å². The lowest BCUT2D eigenvalue weighted by molar-refractivity contribution is -0.892. The summed E-state index contributed by atoms with van der Waals surface area (Å²) in [7, 11) is 2.02. The number of Topliss-reactive ketones (excluding diaryl/α,β-unsaturated/α-hetero) is 1. The number of amides is 1. The molecule has 5 nitrogen and oxygen atoms in total. The number of carbonyl (C=O) groups is 2. The summed E-state index contributed by atoms with van der Waals surface area (Å²) in [6, 6.07) is 13.8. The van der Waals surface area contributed by atoms with Crippen molar-refractivity contribution in [2.24, 2.45) is 0 Å². The van der Waals surface area contributed by atoms with E-state index in [9.17, 15) is 9.59 Å². The molecule has 1 N–H and O–H groups in total. The van der Waals surface area contributed by atoms with Gasteiger partial charge in [0.15, 0.2) is 6.67 Å². The highest BCUT2D eigenvalue weighted by atomic mass is 16.5. The first-order valence-electron chi connectivity index (χ1n) is 9.44. The largest absolute Gasteiger partial charge is 0.494 e. The summed E-state index contributed by atoms with van der Waals surface area (Å²) in [5.74, 6) is 0.340. The summed E-state index contributed by atoms with van der Waals surface area (Å²) in [4.78, 5) is 27.6. The Balaban J connectivity index is 1.72. The summed E-state index contributed by atoms with van der Waals surface area (Å²) >= 11 is 0. The molecule has 142 valence electrons. The highest BCUT2D eigenvalue weighted by molar-refractivity contribution is 6.52. The zero-order chi connectivity index (χ0) is 19.6. The summed E-state index contributed by atoms with van der Waals surface area (Å²) in [5, 5.41) is 0. The first kappa shape index (κ1) is 19.1. The van der Waals surface area contributed by atoms with Gasteiger partial charge in [-0.15, -0.1) is 0 Å².